The highest BCUT2D eigenvalue weighted by Crippen LogP contribution is 2.39. The first-order valence-electron chi connectivity index (χ1n) is 6.71. The van der Waals surface area contributed by atoms with E-state index < -0.39 is 0 Å². The van der Waals surface area contributed by atoms with Crippen LogP contribution >= 0.6 is 0 Å². The van der Waals surface area contributed by atoms with Crippen molar-refractivity contribution < 1.29 is 9.47 Å². The highest BCUT2D eigenvalue weighted by molar-refractivity contribution is 5.76. The van der Waals surface area contributed by atoms with Crippen LogP contribution in [0.15, 0.2) is 36.7 Å². The molecule has 0 radical (unpaired) electrons. The molecule has 1 aliphatic rings. The standard InChI is InChI=1S/C15H15NO2.CH5N/c1-17-14-10-16-8-7-12(14)13-6-2-4-11-5-3-9-18-15(11)13;1-2/h2,4,6-8,10H,3,5,9H2,1H3;2H2,1H3. The van der Waals surface area contributed by atoms with Gasteiger partial charge < -0.3 is 15.2 Å². The summed E-state index contributed by atoms with van der Waals surface area (Å²) in [6.07, 6.45) is 5.68. The van der Waals surface area contributed by atoms with Gasteiger partial charge in [-0.25, -0.2) is 0 Å². The van der Waals surface area contributed by atoms with Crippen LogP contribution in [0.2, 0.25) is 0 Å². The third-order valence-electron chi connectivity index (χ3n) is 3.23. The number of aryl methyl sites for hydroxylation is 1. The second-order valence-electron chi connectivity index (χ2n) is 4.32. The van der Waals surface area contributed by atoms with E-state index in [1.165, 1.54) is 12.6 Å². The zero-order chi connectivity index (χ0) is 14.4. The molecule has 3 rings (SSSR count). The predicted octanol–water partition coefficient (Wildman–Crippen LogP) is 2.66. The molecule has 0 fully saturated rings. The van der Waals surface area contributed by atoms with Gasteiger partial charge in [0.05, 0.1) is 19.9 Å². The van der Waals surface area contributed by atoms with Crippen molar-refractivity contribution in [2.24, 2.45) is 5.73 Å². The fourth-order valence-electron chi connectivity index (χ4n) is 2.37. The Morgan fingerprint density at radius 2 is 2.05 bits per heavy atom. The van der Waals surface area contributed by atoms with Gasteiger partial charge in [-0.3, -0.25) is 4.98 Å². The van der Waals surface area contributed by atoms with Gasteiger partial charge in [0.2, 0.25) is 0 Å². The third-order valence-corrected chi connectivity index (χ3v) is 3.23. The Morgan fingerprint density at radius 1 is 1.20 bits per heavy atom. The number of aromatic nitrogens is 1. The molecular formula is C16H20N2O2. The monoisotopic (exact) mass is 272 g/mol. The van der Waals surface area contributed by atoms with Crippen LogP contribution in [0.4, 0.5) is 0 Å². The summed E-state index contributed by atoms with van der Waals surface area (Å²) in [6, 6.07) is 8.24. The number of nitrogens with two attached hydrogens (primary N) is 1. The summed E-state index contributed by atoms with van der Waals surface area (Å²) in [5.74, 6) is 1.77. The van der Waals surface area contributed by atoms with Crippen LogP contribution in [-0.2, 0) is 6.42 Å². The smallest absolute Gasteiger partial charge is 0.145 e. The zero-order valence-electron chi connectivity index (χ0n) is 11.9. The summed E-state index contributed by atoms with van der Waals surface area (Å²) in [6.45, 7) is 0.789. The maximum absolute atomic E-state index is 5.83. The van der Waals surface area contributed by atoms with E-state index in [4.69, 9.17) is 9.47 Å². The Hall–Kier alpha value is -2.07. The lowest BCUT2D eigenvalue weighted by atomic mass is 9.98. The third kappa shape index (κ3) is 2.75. The van der Waals surface area contributed by atoms with Crippen LogP contribution in [-0.4, -0.2) is 25.7 Å². The van der Waals surface area contributed by atoms with Crippen LogP contribution in [0.3, 0.4) is 0 Å². The molecule has 2 heterocycles. The van der Waals surface area contributed by atoms with Crippen molar-refractivity contribution in [3.63, 3.8) is 0 Å². The normalized spacial score (nSPS) is 12.6. The molecule has 0 aliphatic carbocycles. The molecule has 0 spiro atoms. The lowest BCUT2D eigenvalue weighted by Crippen LogP contribution is -2.09. The summed E-state index contributed by atoms with van der Waals surface area (Å²) in [7, 11) is 3.16. The number of rotatable bonds is 2. The second kappa shape index (κ2) is 6.91. The van der Waals surface area contributed by atoms with Crippen LogP contribution in [0.25, 0.3) is 11.1 Å². The van der Waals surface area contributed by atoms with Crippen LogP contribution in [0, 0.1) is 0 Å². The average Bonchev–Trinajstić information content (AvgIpc) is 2.56. The number of nitrogens with zero attached hydrogens (tertiary/aromatic N) is 1. The van der Waals surface area contributed by atoms with Crippen LogP contribution in [0.5, 0.6) is 11.5 Å². The van der Waals surface area contributed by atoms with Crippen molar-refractivity contribution in [2.75, 3.05) is 20.8 Å². The largest absolute Gasteiger partial charge is 0.494 e. The van der Waals surface area contributed by atoms with Crippen molar-refractivity contribution in [2.45, 2.75) is 12.8 Å². The number of hydrogen-bond donors (Lipinski definition) is 1. The van der Waals surface area contributed by atoms with Crippen molar-refractivity contribution in [3.8, 4) is 22.6 Å². The van der Waals surface area contributed by atoms with Gasteiger partial charge in [0, 0.05) is 17.3 Å². The Morgan fingerprint density at radius 3 is 2.85 bits per heavy atom. The fraction of sp³-hybridized carbons (Fsp3) is 0.312. The fourth-order valence-corrected chi connectivity index (χ4v) is 2.37. The molecule has 0 bridgehead atoms. The van der Waals surface area contributed by atoms with E-state index in [9.17, 15) is 0 Å². The second-order valence-corrected chi connectivity index (χ2v) is 4.32. The minimum atomic E-state index is 0.778. The Labute approximate surface area is 119 Å². The number of fused-ring (bicyclic) bond motifs is 1. The summed E-state index contributed by atoms with van der Waals surface area (Å²) < 4.78 is 11.2. The first kappa shape index (κ1) is 14.3. The van der Waals surface area contributed by atoms with Crippen molar-refractivity contribution in [3.05, 3.63) is 42.2 Å². The maximum Gasteiger partial charge on any atom is 0.145 e. The summed E-state index contributed by atoms with van der Waals surface area (Å²) in [5.41, 5.74) is 7.90. The molecule has 2 aromatic rings. The molecular weight excluding hydrogens is 252 g/mol. The predicted molar refractivity (Wildman–Crippen MR) is 80.2 cm³/mol. The number of methoxy groups -OCH3 is 1. The molecule has 0 amide bonds. The Bertz CT molecular complexity index is 570. The van der Waals surface area contributed by atoms with E-state index in [1.54, 1.807) is 19.5 Å². The zero-order valence-corrected chi connectivity index (χ0v) is 11.9. The molecule has 20 heavy (non-hydrogen) atoms. The highest BCUT2D eigenvalue weighted by atomic mass is 16.5. The van der Waals surface area contributed by atoms with Crippen molar-refractivity contribution >= 4 is 0 Å². The van der Waals surface area contributed by atoms with Crippen LogP contribution in [0.1, 0.15) is 12.0 Å². The molecule has 106 valence electrons. The van der Waals surface area contributed by atoms with E-state index in [-0.39, 0.29) is 0 Å². The molecule has 0 atom stereocenters. The van der Waals surface area contributed by atoms with E-state index in [0.717, 1.165) is 42.1 Å². The van der Waals surface area contributed by atoms with Gasteiger partial charge in [-0.05, 0) is 31.5 Å². The minimum absolute atomic E-state index is 0.778. The van der Waals surface area contributed by atoms with Crippen LogP contribution < -0.4 is 15.2 Å². The molecule has 0 saturated carbocycles. The van der Waals surface area contributed by atoms with Gasteiger partial charge in [-0.1, -0.05) is 18.2 Å². The number of benzene rings is 1. The molecule has 1 aromatic carbocycles. The molecule has 0 unspecified atom stereocenters. The number of pyridine rings is 1. The average molecular weight is 272 g/mol. The first-order valence-corrected chi connectivity index (χ1v) is 6.71. The quantitative estimate of drug-likeness (QED) is 0.913. The number of hydrogen-bond acceptors (Lipinski definition) is 4. The number of para-hydroxylation sites is 1. The topological polar surface area (TPSA) is 57.4 Å². The molecule has 4 heteroatoms. The summed E-state index contributed by atoms with van der Waals surface area (Å²) >= 11 is 0. The van der Waals surface area contributed by atoms with Gasteiger partial charge in [0.15, 0.2) is 0 Å². The Kier molecular flexibility index (Phi) is 4.96. The molecule has 1 aliphatic heterocycles. The summed E-state index contributed by atoms with van der Waals surface area (Å²) in [4.78, 5) is 4.09. The van der Waals surface area contributed by atoms with Gasteiger partial charge in [-0.2, -0.15) is 0 Å². The highest BCUT2D eigenvalue weighted by Gasteiger charge is 2.17. The number of ether oxygens (including phenoxy) is 2. The van der Waals surface area contributed by atoms with Gasteiger partial charge >= 0.3 is 0 Å². The minimum Gasteiger partial charge on any atom is -0.494 e. The van der Waals surface area contributed by atoms with Crippen molar-refractivity contribution in [1.29, 1.82) is 0 Å². The lowest BCUT2D eigenvalue weighted by molar-refractivity contribution is 0.289. The van der Waals surface area contributed by atoms with Gasteiger partial charge in [0.1, 0.15) is 11.5 Å². The van der Waals surface area contributed by atoms with E-state index in [0.29, 0.717) is 0 Å². The van der Waals surface area contributed by atoms with E-state index in [1.807, 2.05) is 6.07 Å². The molecule has 1 aromatic heterocycles. The van der Waals surface area contributed by atoms with Gasteiger partial charge in [-0.15, -0.1) is 0 Å². The lowest BCUT2D eigenvalue weighted by Gasteiger charge is -2.21. The first-order chi connectivity index (χ1) is 9.90. The summed E-state index contributed by atoms with van der Waals surface area (Å²) in [5, 5.41) is 0. The maximum atomic E-state index is 5.83. The van der Waals surface area contributed by atoms with Gasteiger partial charge in [0.25, 0.3) is 0 Å². The van der Waals surface area contributed by atoms with E-state index >= 15 is 0 Å². The molecule has 0 saturated heterocycles. The Balaban J connectivity index is 0.000000704. The molecule has 4 nitrogen and oxygen atoms in total. The SMILES string of the molecule is CN.COc1cnccc1-c1cccc2c1OCCC2. The molecule has 2 N–H and O–H groups in total. The van der Waals surface area contributed by atoms with E-state index in [2.05, 4.69) is 28.9 Å². The van der Waals surface area contributed by atoms with Crippen molar-refractivity contribution in [1.82, 2.24) is 4.98 Å².